The number of imide groups is 1. The number of aromatic nitrogens is 4. The smallest absolute Gasteiger partial charge is 0.415 e. The first-order valence-corrected chi connectivity index (χ1v) is 10.3. The van der Waals surface area contributed by atoms with Gasteiger partial charge in [0.1, 0.15) is 0 Å². The topological polar surface area (TPSA) is 115 Å². The largest absolute Gasteiger partial charge is 0.465 e. The molecular formula is C22H26N6O3. The van der Waals surface area contributed by atoms with Crippen LogP contribution in [0.3, 0.4) is 0 Å². The van der Waals surface area contributed by atoms with E-state index in [4.69, 9.17) is 0 Å². The molecule has 2 aromatic carbocycles. The number of aromatic amines is 1. The maximum atomic E-state index is 12.7. The van der Waals surface area contributed by atoms with Crippen LogP contribution in [-0.4, -0.2) is 60.7 Å². The van der Waals surface area contributed by atoms with E-state index in [1.165, 1.54) is 0 Å². The molecule has 3 amide bonds. The SMILES string of the molecule is CCCCN(Cc1ccc(-c2ccccc2-c2nnn[nH]2)cc1)C(=O)N(CC)C(=O)O. The van der Waals surface area contributed by atoms with Gasteiger partial charge in [-0.05, 0) is 40.5 Å². The van der Waals surface area contributed by atoms with Crippen LogP contribution in [0.25, 0.3) is 22.5 Å². The van der Waals surface area contributed by atoms with Crippen molar-refractivity contribution in [2.75, 3.05) is 13.1 Å². The van der Waals surface area contributed by atoms with Gasteiger partial charge in [0, 0.05) is 25.2 Å². The van der Waals surface area contributed by atoms with Crippen molar-refractivity contribution in [3.63, 3.8) is 0 Å². The Bertz CT molecular complexity index is 1000. The molecule has 0 aliphatic carbocycles. The minimum absolute atomic E-state index is 0.114. The van der Waals surface area contributed by atoms with Crippen molar-refractivity contribution in [3.8, 4) is 22.5 Å². The molecule has 0 fully saturated rings. The van der Waals surface area contributed by atoms with Crippen molar-refractivity contribution < 1.29 is 14.7 Å². The van der Waals surface area contributed by atoms with Crippen LogP contribution in [-0.2, 0) is 6.54 Å². The second kappa shape index (κ2) is 10.3. The van der Waals surface area contributed by atoms with Gasteiger partial charge in [0.25, 0.3) is 0 Å². The molecule has 3 rings (SSSR count). The van der Waals surface area contributed by atoms with Crippen molar-refractivity contribution in [2.45, 2.75) is 33.2 Å². The van der Waals surface area contributed by atoms with Crippen molar-refractivity contribution in [1.29, 1.82) is 0 Å². The van der Waals surface area contributed by atoms with E-state index in [1.54, 1.807) is 11.8 Å². The van der Waals surface area contributed by atoms with Crippen LogP contribution in [0.1, 0.15) is 32.3 Å². The van der Waals surface area contributed by atoms with Gasteiger partial charge >= 0.3 is 12.1 Å². The summed E-state index contributed by atoms with van der Waals surface area (Å²) in [6, 6.07) is 15.2. The van der Waals surface area contributed by atoms with Crippen LogP contribution < -0.4 is 0 Å². The first-order chi connectivity index (χ1) is 15.0. The van der Waals surface area contributed by atoms with Crippen molar-refractivity contribution in [2.24, 2.45) is 0 Å². The van der Waals surface area contributed by atoms with E-state index in [0.29, 0.717) is 18.9 Å². The van der Waals surface area contributed by atoms with E-state index in [2.05, 4.69) is 20.6 Å². The lowest BCUT2D eigenvalue weighted by Crippen LogP contribution is -2.45. The van der Waals surface area contributed by atoms with Gasteiger partial charge in [-0.3, -0.25) is 0 Å². The molecule has 162 valence electrons. The third-order valence-corrected chi connectivity index (χ3v) is 5.00. The average Bonchev–Trinajstić information content (AvgIpc) is 3.32. The molecule has 1 aromatic heterocycles. The summed E-state index contributed by atoms with van der Waals surface area (Å²) in [5.74, 6) is 0.587. The standard InChI is InChI=1S/C22H26N6O3/c1-3-5-14-27(21(29)28(4-2)22(30)31)15-16-10-12-17(13-11-16)18-8-6-7-9-19(18)20-23-25-26-24-20/h6-13H,3-5,14-15H2,1-2H3,(H,30,31)(H,23,24,25,26). The third-order valence-electron chi connectivity index (χ3n) is 5.00. The van der Waals surface area contributed by atoms with Gasteiger partial charge in [0.2, 0.25) is 0 Å². The Balaban J connectivity index is 1.82. The number of nitrogens with zero attached hydrogens (tertiary/aromatic N) is 5. The van der Waals surface area contributed by atoms with Gasteiger partial charge < -0.3 is 10.0 Å². The molecule has 0 unspecified atom stereocenters. The molecular weight excluding hydrogens is 396 g/mol. The lowest BCUT2D eigenvalue weighted by Gasteiger charge is -2.27. The van der Waals surface area contributed by atoms with Crippen LogP contribution in [0.2, 0.25) is 0 Å². The molecule has 0 aliphatic rings. The minimum Gasteiger partial charge on any atom is -0.465 e. The summed E-state index contributed by atoms with van der Waals surface area (Å²) >= 11 is 0. The van der Waals surface area contributed by atoms with E-state index < -0.39 is 12.1 Å². The fourth-order valence-electron chi connectivity index (χ4n) is 3.34. The number of unbranched alkanes of at least 4 members (excludes halogenated alkanes) is 1. The number of hydrogen-bond donors (Lipinski definition) is 2. The fourth-order valence-corrected chi connectivity index (χ4v) is 3.34. The van der Waals surface area contributed by atoms with Crippen LogP contribution in [0.15, 0.2) is 48.5 Å². The molecule has 0 saturated carbocycles. The Morgan fingerprint density at radius 2 is 1.74 bits per heavy atom. The monoisotopic (exact) mass is 422 g/mol. The highest BCUT2D eigenvalue weighted by molar-refractivity contribution is 5.90. The maximum Gasteiger partial charge on any atom is 0.415 e. The van der Waals surface area contributed by atoms with Crippen LogP contribution in [0.5, 0.6) is 0 Å². The second-order valence-corrected chi connectivity index (χ2v) is 7.08. The molecule has 0 atom stereocenters. The maximum absolute atomic E-state index is 12.7. The molecule has 3 aromatic rings. The second-order valence-electron chi connectivity index (χ2n) is 7.08. The number of carboxylic acid groups (broad SMARTS) is 1. The fraction of sp³-hybridized carbons (Fsp3) is 0.318. The molecule has 9 heteroatoms. The summed E-state index contributed by atoms with van der Waals surface area (Å²) < 4.78 is 0. The first-order valence-electron chi connectivity index (χ1n) is 10.3. The zero-order valence-corrected chi connectivity index (χ0v) is 17.7. The molecule has 0 radical (unpaired) electrons. The molecule has 2 N–H and O–H groups in total. The number of rotatable bonds is 8. The van der Waals surface area contributed by atoms with Gasteiger partial charge in [-0.25, -0.2) is 19.6 Å². The number of tetrazole rings is 1. The number of nitrogens with one attached hydrogen (secondary N) is 1. The normalized spacial score (nSPS) is 10.6. The quantitative estimate of drug-likeness (QED) is 0.560. The van der Waals surface area contributed by atoms with E-state index in [1.807, 2.05) is 55.5 Å². The van der Waals surface area contributed by atoms with Crippen LogP contribution >= 0.6 is 0 Å². The van der Waals surface area contributed by atoms with E-state index in [9.17, 15) is 14.7 Å². The minimum atomic E-state index is -1.23. The molecule has 1 heterocycles. The lowest BCUT2D eigenvalue weighted by molar-refractivity contribution is 0.128. The van der Waals surface area contributed by atoms with E-state index in [0.717, 1.165) is 40.0 Å². The Hall–Kier alpha value is -3.75. The average molecular weight is 422 g/mol. The Morgan fingerprint density at radius 1 is 1.03 bits per heavy atom. The molecule has 0 saturated heterocycles. The van der Waals surface area contributed by atoms with Crippen molar-refractivity contribution in [1.82, 2.24) is 30.4 Å². The number of carbonyl (C=O) groups excluding carboxylic acids is 1. The van der Waals surface area contributed by atoms with Gasteiger partial charge in [-0.2, -0.15) is 0 Å². The Labute approximate surface area is 180 Å². The highest BCUT2D eigenvalue weighted by Gasteiger charge is 2.24. The first kappa shape index (κ1) is 21.9. The van der Waals surface area contributed by atoms with Crippen LogP contribution in [0, 0.1) is 0 Å². The summed E-state index contributed by atoms with van der Waals surface area (Å²) in [6.07, 6.45) is 0.484. The number of H-pyrrole nitrogens is 1. The van der Waals surface area contributed by atoms with Crippen molar-refractivity contribution >= 4 is 12.1 Å². The number of carbonyl (C=O) groups is 2. The lowest BCUT2D eigenvalue weighted by atomic mass is 9.98. The number of hydrogen-bond acceptors (Lipinski definition) is 5. The van der Waals surface area contributed by atoms with Gasteiger partial charge in [0.15, 0.2) is 5.82 Å². The number of benzene rings is 2. The zero-order chi connectivity index (χ0) is 22.2. The van der Waals surface area contributed by atoms with E-state index >= 15 is 0 Å². The Morgan fingerprint density at radius 3 is 2.32 bits per heavy atom. The number of urea groups is 1. The van der Waals surface area contributed by atoms with Crippen molar-refractivity contribution in [3.05, 3.63) is 54.1 Å². The zero-order valence-electron chi connectivity index (χ0n) is 17.7. The van der Waals surface area contributed by atoms with Gasteiger partial charge in [0.05, 0.1) is 0 Å². The summed E-state index contributed by atoms with van der Waals surface area (Å²) in [7, 11) is 0. The predicted molar refractivity (Wildman–Crippen MR) is 116 cm³/mol. The van der Waals surface area contributed by atoms with Gasteiger partial charge in [-0.15, -0.1) is 5.10 Å². The molecule has 31 heavy (non-hydrogen) atoms. The molecule has 0 aliphatic heterocycles. The Kier molecular flexibility index (Phi) is 7.31. The highest BCUT2D eigenvalue weighted by Crippen LogP contribution is 2.29. The predicted octanol–water partition coefficient (Wildman–Crippen LogP) is 4.26. The molecule has 0 spiro atoms. The van der Waals surface area contributed by atoms with Gasteiger partial charge in [-0.1, -0.05) is 61.9 Å². The molecule has 9 nitrogen and oxygen atoms in total. The summed E-state index contributed by atoms with van der Waals surface area (Å²) in [6.45, 7) is 4.65. The highest BCUT2D eigenvalue weighted by atomic mass is 16.4. The third kappa shape index (κ3) is 5.25. The van der Waals surface area contributed by atoms with E-state index in [-0.39, 0.29) is 6.54 Å². The summed E-state index contributed by atoms with van der Waals surface area (Å²) in [4.78, 5) is 26.6. The number of amides is 3. The van der Waals surface area contributed by atoms with Crippen LogP contribution in [0.4, 0.5) is 9.59 Å². The summed E-state index contributed by atoms with van der Waals surface area (Å²) in [5, 5.41) is 23.4. The summed E-state index contributed by atoms with van der Waals surface area (Å²) in [5.41, 5.74) is 3.78. The molecule has 0 bridgehead atoms.